The molecule has 0 unspecified atom stereocenters. The molecule has 0 bridgehead atoms. The minimum absolute atomic E-state index is 0.0196. The summed E-state index contributed by atoms with van der Waals surface area (Å²) in [7, 11) is 0. The molecule has 33 heavy (non-hydrogen) atoms. The standard InChI is InChI=1S/C21H21ClFN7O3/c1-10(23)12-3-4-13-14(7-12)29-19(28-13)15-8-16(33-30-15)11(2)27-21(32)18-17(22)20(24-5-6-31)26-9-25-18/h3-4,7-11,31H,5-6H2,1-2H3,(H,27,32)(H,28,29)(H,24,25,26)/t10-,11-/m1/s1. The first kappa shape index (κ1) is 22.6. The Balaban J connectivity index is 1.50. The van der Waals surface area contributed by atoms with Gasteiger partial charge in [0.15, 0.2) is 17.3 Å². The van der Waals surface area contributed by atoms with Gasteiger partial charge in [0.25, 0.3) is 5.91 Å². The van der Waals surface area contributed by atoms with Gasteiger partial charge in [-0.1, -0.05) is 22.8 Å². The predicted octanol–water partition coefficient (Wildman–Crippen LogP) is 3.59. The van der Waals surface area contributed by atoms with E-state index in [4.69, 9.17) is 21.2 Å². The summed E-state index contributed by atoms with van der Waals surface area (Å²) in [5.74, 6) is 0.563. The number of nitrogens with one attached hydrogen (secondary N) is 3. The van der Waals surface area contributed by atoms with Gasteiger partial charge in [-0.2, -0.15) is 0 Å². The van der Waals surface area contributed by atoms with E-state index < -0.39 is 18.1 Å². The van der Waals surface area contributed by atoms with E-state index in [-0.39, 0.29) is 29.7 Å². The molecule has 0 aliphatic rings. The monoisotopic (exact) mass is 473 g/mol. The molecule has 1 amide bonds. The number of amides is 1. The zero-order chi connectivity index (χ0) is 23.5. The predicted molar refractivity (Wildman–Crippen MR) is 120 cm³/mol. The Hall–Kier alpha value is -3.57. The zero-order valence-electron chi connectivity index (χ0n) is 17.8. The maximum Gasteiger partial charge on any atom is 0.272 e. The molecule has 0 fully saturated rings. The van der Waals surface area contributed by atoms with Gasteiger partial charge in [-0.3, -0.25) is 4.79 Å². The van der Waals surface area contributed by atoms with Gasteiger partial charge in [0, 0.05) is 12.6 Å². The van der Waals surface area contributed by atoms with Crippen LogP contribution in [0.2, 0.25) is 5.02 Å². The normalized spacial score (nSPS) is 13.1. The highest BCUT2D eigenvalue weighted by atomic mass is 35.5. The van der Waals surface area contributed by atoms with Gasteiger partial charge in [0.1, 0.15) is 29.0 Å². The molecule has 4 N–H and O–H groups in total. The molecule has 0 radical (unpaired) electrons. The molecule has 0 saturated carbocycles. The van der Waals surface area contributed by atoms with Crippen LogP contribution in [0.3, 0.4) is 0 Å². The van der Waals surface area contributed by atoms with Crippen LogP contribution in [0.5, 0.6) is 0 Å². The number of alkyl halides is 1. The first-order valence-corrected chi connectivity index (χ1v) is 10.5. The Labute approximate surface area is 192 Å². The fourth-order valence-electron chi connectivity index (χ4n) is 3.16. The number of anilines is 1. The highest BCUT2D eigenvalue weighted by Gasteiger charge is 2.22. The SMILES string of the molecule is C[C@@H](F)c1ccc2nc(-c3cc([C@@H](C)NC(=O)c4ncnc(NCCO)c4Cl)on3)[nH]c2c1. The number of rotatable bonds is 8. The van der Waals surface area contributed by atoms with Gasteiger partial charge in [-0.15, -0.1) is 0 Å². The first-order chi connectivity index (χ1) is 15.9. The third-order valence-corrected chi connectivity index (χ3v) is 5.28. The summed E-state index contributed by atoms with van der Waals surface area (Å²) in [5, 5.41) is 18.6. The van der Waals surface area contributed by atoms with Crippen LogP contribution >= 0.6 is 11.6 Å². The largest absolute Gasteiger partial charge is 0.395 e. The smallest absolute Gasteiger partial charge is 0.272 e. The second kappa shape index (κ2) is 9.51. The van der Waals surface area contributed by atoms with E-state index in [0.717, 1.165) is 0 Å². The molecule has 2 atom stereocenters. The lowest BCUT2D eigenvalue weighted by Crippen LogP contribution is -2.28. The van der Waals surface area contributed by atoms with Crippen LogP contribution in [0.15, 0.2) is 35.1 Å². The molecule has 3 aromatic heterocycles. The minimum Gasteiger partial charge on any atom is -0.395 e. The van der Waals surface area contributed by atoms with Crippen LogP contribution in [0.1, 0.15) is 47.9 Å². The molecule has 0 saturated heterocycles. The van der Waals surface area contributed by atoms with Crippen molar-refractivity contribution < 1.29 is 18.8 Å². The van der Waals surface area contributed by atoms with Crippen molar-refractivity contribution in [1.29, 1.82) is 0 Å². The third kappa shape index (κ3) is 4.78. The molecule has 4 rings (SSSR count). The van der Waals surface area contributed by atoms with Crippen LogP contribution < -0.4 is 10.6 Å². The van der Waals surface area contributed by atoms with Crippen molar-refractivity contribution in [1.82, 2.24) is 30.4 Å². The number of aromatic nitrogens is 5. The zero-order valence-corrected chi connectivity index (χ0v) is 18.5. The van der Waals surface area contributed by atoms with Crippen molar-refractivity contribution in [2.45, 2.75) is 26.1 Å². The molecule has 0 aliphatic heterocycles. The number of aromatic amines is 1. The number of H-pyrrole nitrogens is 1. The number of halogens is 2. The molecule has 172 valence electrons. The second-order valence-corrected chi connectivity index (χ2v) is 7.70. The fraction of sp³-hybridized carbons (Fsp3) is 0.286. The molecular weight excluding hydrogens is 453 g/mol. The van der Waals surface area contributed by atoms with E-state index in [1.165, 1.54) is 13.3 Å². The van der Waals surface area contributed by atoms with Crippen molar-refractivity contribution in [2.75, 3.05) is 18.5 Å². The Morgan fingerprint density at radius 3 is 2.88 bits per heavy atom. The summed E-state index contributed by atoms with van der Waals surface area (Å²) >= 11 is 6.22. The summed E-state index contributed by atoms with van der Waals surface area (Å²) in [5.41, 5.74) is 2.32. The summed E-state index contributed by atoms with van der Waals surface area (Å²) in [6, 6.07) is 6.22. The average Bonchev–Trinajstić information content (AvgIpc) is 3.45. The number of aliphatic hydroxyl groups is 1. The number of aliphatic hydroxyl groups excluding tert-OH is 1. The molecule has 0 aliphatic carbocycles. The van der Waals surface area contributed by atoms with E-state index >= 15 is 0 Å². The number of fused-ring (bicyclic) bond motifs is 1. The highest BCUT2D eigenvalue weighted by Crippen LogP contribution is 2.26. The molecule has 0 spiro atoms. The van der Waals surface area contributed by atoms with Gasteiger partial charge < -0.3 is 25.2 Å². The number of carbonyl (C=O) groups excluding carboxylic acids is 1. The summed E-state index contributed by atoms with van der Waals surface area (Å²) in [4.78, 5) is 28.2. The van der Waals surface area contributed by atoms with E-state index in [2.05, 4.69) is 35.7 Å². The van der Waals surface area contributed by atoms with E-state index in [9.17, 15) is 9.18 Å². The Kier molecular flexibility index (Phi) is 6.52. The number of benzene rings is 1. The van der Waals surface area contributed by atoms with Crippen LogP contribution in [0.25, 0.3) is 22.6 Å². The minimum atomic E-state index is -1.09. The maximum absolute atomic E-state index is 13.6. The van der Waals surface area contributed by atoms with Gasteiger partial charge in [0.05, 0.1) is 23.7 Å². The number of hydrogen-bond donors (Lipinski definition) is 4. The van der Waals surface area contributed by atoms with Gasteiger partial charge >= 0.3 is 0 Å². The van der Waals surface area contributed by atoms with Crippen molar-refractivity contribution in [3.05, 3.63) is 52.6 Å². The first-order valence-electron chi connectivity index (χ1n) is 10.1. The van der Waals surface area contributed by atoms with Crippen LogP contribution in [0.4, 0.5) is 10.2 Å². The van der Waals surface area contributed by atoms with Crippen LogP contribution in [0, 0.1) is 0 Å². The molecule has 4 aromatic rings. The molecule has 3 heterocycles. The lowest BCUT2D eigenvalue weighted by atomic mass is 10.1. The topological polar surface area (TPSA) is 142 Å². The fourth-order valence-corrected chi connectivity index (χ4v) is 3.41. The summed E-state index contributed by atoms with van der Waals surface area (Å²) in [6.45, 7) is 3.30. The summed E-state index contributed by atoms with van der Waals surface area (Å²) < 4.78 is 19.0. The Morgan fingerprint density at radius 1 is 1.30 bits per heavy atom. The third-order valence-electron chi connectivity index (χ3n) is 4.92. The molecule has 1 aromatic carbocycles. The molecule has 12 heteroatoms. The van der Waals surface area contributed by atoms with Gasteiger partial charge in [-0.25, -0.2) is 19.3 Å². The van der Waals surface area contributed by atoms with Gasteiger partial charge in [0.2, 0.25) is 0 Å². The van der Waals surface area contributed by atoms with Gasteiger partial charge in [-0.05, 0) is 31.5 Å². The Bertz CT molecular complexity index is 1290. The summed E-state index contributed by atoms with van der Waals surface area (Å²) in [6.07, 6.45) is 0.114. The van der Waals surface area contributed by atoms with Crippen molar-refractivity contribution in [2.24, 2.45) is 0 Å². The van der Waals surface area contributed by atoms with Crippen LogP contribution in [-0.2, 0) is 0 Å². The number of nitrogens with zero attached hydrogens (tertiary/aromatic N) is 4. The van der Waals surface area contributed by atoms with E-state index in [1.807, 2.05) is 0 Å². The van der Waals surface area contributed by atoms with Crippen molar-refractivity contribution in [3.8, 4) is 11.5 Å². The Morgan fingerprint density at radius 2 is 2.12 bits per heavy atom. The lowest BCUT2D eigenvalue weighted by molar-refractivity contribution is 0.0928. The molecule has 10 nitrogen and oxygen atoms in total. The quantitative estimate of drug-likeness (QED) is 0.304. The highest BCUT2D eigenvalue weighted by molar-refractivity contribution is 6.35. The van der Waals surface area contributed by atoms with Crippen LogP contribution in [-0.4, -0.2) is 49.3 Å². The van der Waals surface area contributed by atoms with Crippen molar-refractivity contribution >= 4 is 34.4 Å². The maximum atomic E-state index is 13.6. The molecular formula is C21H21ClFN7O3. The second-order valence-electron chi connectivity index (χ2n) is 7.32. The van der Waals surface area contributed by atoms with E-state index in [1.54, 1.807) is 31.2 Å². The number of hydrogen-bond acceptors (Lipinski definition) is 8. The number of carbonyl (C=O) groups is 1. The average molecular weight is 474 g/mol. The lowest BCUT2D eigenvalue weighted by Gasteiger charge is -2.12. The number of imidazole rings is 1. The van der Waals surface area contributed by atoms with Crippen molar-refractivity contribution in [3.63, 3.8) is 0 Å². The van der Waals surface area contributed by atoms with E-state index in [0.29, 0.717) is 33.9 Å².